The Balaban J connectivity index is 2.65. The van der Waals surface area contributed by atoms with Gasteiger partial charge in [-0.3, -0.25) is 9.69 Å². The third-order valence-electron chi connectivity index (χ3n) is 2.82. The summed E-state index contributed by atoms with van der Waals surface area (Å²) in [4.78, 5) is 12.8. The van der Waals surface area contributed by atoms with Crippen LogP contribution >= 0.6 is 0 Å². The molecule has 1 rings (SSSR count). The van der Waals surface area contributed by atoms with Crippen molar-refractivity contribution in [3.63, 3.8) is 0 Å². The minimum absolute atomic E-state index is 0.336. The largest absolute Gasteiger partial charge is 0.480 e. The molecule has 0 bridgehead atoms. The van der Waals surface area contributed by atoms with Crippen molar-refractivity contribution < 1.29 is 9.90 Å². The summed E-state index contributed by atoms with van der Waals surface area (Å²) < 4.78 is 0. The Kier molecular flexibility index (Phi) is 2.73. The highest BCUT2D eigenvalue weighted by Crippen LogP contribution is 2.25. The molecule has 0 aromatic carbocycles. The summed E-state index contributed by atoms with van der Waals surface area (Å²) in [6, 6.07) is 0.509. The molecule has 3 heteroatoms. The Hall–Kier alpha value is -0.570. The summed E-state index contributed by atoms with van der Waals surface area (Å²) in [5.74, 6) is -0.712. The Bertz CT molecular complexity index is 171. The van der Waals surface area contributed by atoms with Crippen LogP contribution in [0.5, 0.6) is 0 Å². The first-order valence-electron chi connectivity index (χ1n) is 4.54. The monoisotopic (exact) mass is 171 g/mol. The molecule has 0 aromatic rings. The number of carboxylic acid groups (broad SMARTS) is 1. The predicted octanol–water partition coefficient (Wildman–Crippen LogP) is 1.33. The molecule has 70 valence electrons. The Morgan fingerprint density at radius 2 is 1.83 bits per heavy atom. The minimum atomic E-state index is -0.712. The van der Waals surface area contributed by atoms with Crippen molar-refractivity contribution >= 4 is 5.97 Å². The van der Waals surface area contributed by atoms with E-state index in [4.69, 9.17) is 5.11 Å². The van der Waals surface area contributed by atoms with Crippen LogP contribution in [-0.2, 0) is 4.79 Å². The highest BCUT2D eigenvalue weighted by molar-refractivity contribution is 5.73. The molecule has 1 N–H and O–H groups in total. The van der Waals surface area contributed by atoms with E-state index in [1.807, 2.05) is 0 Å². The third-order valence-corrected chi connectivity index (χ3v) is 2.82. The second kappa shape index (κ2) is 3.44. The van der Waals surface area contributed by atoms with E-state index in [1.54, 1.807) is 6.92 Å². The number of likely N-dealkylation sites (tertiary alicyclic amines) is 1. The predicted molar refractivity (Wildman–Crippen MR) is 47.1 cm³/mol. The molecule has 3 atom stereocenters. The molecule has 1 aliphatic rings. The van der Waals surface area contributed by atoms with Gasteiger partial charge in [-0.25, -0.2) is 0 Å². The lowest BCUT2D eigenvalue weighted by Gasteiger charge is -2.29. The molecule has 0 radical (unpaired) electrons. The van der Waals surface area contributed by atoms with E-state index in [9.17, 15) is 4.79 Å². The van der Waals surface area contributed by atoms with E-state index in [2.05, 4.69) is 18.7 Å². The van der Waals surface area contributed by atoms with Crippen molar-refractivity contribution in [1.29, 1.82) is 0 Å². The summed E-state index contributed by atoms with van der Waals surface area (Å²) in [6.45, 7) is 5.96. The highest BCUT2D eigenvalue weighted by Gasteiger charge is 2.33. The lowest BCUT2D eigenvalue weighted by molar-refractivity contribution is -0.143. The van der Waals surface area contributed by atoms with Gasteiger partial charge in [0.2, 0.25) is 0 Å². The maximum absolute atomic E-state index is 10.7. The summed E-state index contributed by atoms with van der Waals surface area (Å²) in [5.41, 5.74) is 0. The third kappa shape index (κ3) is 1.61. The van der Waals surface area contributed by atoms with Crippen molar-refractivity contribution in [2.45, 2.75) is 51.7 Å². The summed E-state index contributed by atoms with van der Waals surface area (Å²) >= 11 is 0. The quantitative estimate of drug-likeness (QED) is 0.681. The SMILES string of the molecule is C[C@@H]1CC[C@H](C)N1[C@@H](C)C(=O)O. The normalized spacial score (nSPS) is 33.6. The molecule has 0 amide bonds. The fraction of sp³-hybridized carbons (Fsp3) is 0.889. The number of rotatable bonds is 2. The van der Waals surface area contributed by atoms with E-state index in [-0.39, 0.29) is 6.04 Å². The maximum atomic E-state index is 10.7. The standard InChI is InChI=1S/C9H17NO2/c1-6-4-5-7(2)10(6)8(3)9(11)12/h6-8H,4-5H2,1-3H3,(H,11,12)/t6-,7+,8-/m0/s1. The van der Waals surface area contributed by atoms with Crippen LogP contribution in [0.4, 0.5) is 0 Å². The first-order chi connectivity index (χ1) is 5.54. The second-order valence-electron chi connectivity index (χ2n) is 3.74. The molecule has 0 aliphatic carbocycles. The maximum Gasteiger partial charge on any atom is 0.320 e. The zero-order chi connectivity index (χ0) is 9.30. The summed E-state index contributed by atoms with van der Waals surface area (Å²) in [7, 11) is 0. The van der Waals surface area contributed by atoms with Gasteiger partial charge in [-0.2, -0.15) is 0 Å². The molecule has 12 heavy (non-hydrogen) atoms. The average Bonchev–Trinajstić information content (AvgIpc) is 2.30. The zero-order valence-electron chi connectivity index (χ0n) is 7.95. The van der Waals surface area contributed by atoms with Crippen LogP contribution in [0.15, 0.2) is 0 Å². The van der Waals surface area contributed by atoms with Crippen LogP contribution in [0.1, 0.15) is 33.6 Å². The number of nitrogens with zero attached hydrogens (tertiary/aromatic N) is 1. The molecule has 1 fully saturated rings. The second-order valence-corrected chi connectivity index (χ2v) is 3.74. The van der Waals surface area contributed by atoms with Crippen molar-refractivity contribution in [2.75, 3.05) is 0 Å². The smallest absolute Gasteiger partial charge is 0.320 e. The number of aliphatic carboxylic acids is 1. The number of carbonyl (C=O) groups is 1. The van der Waals surface area contributed by atoms with E-state index < -0.39 is 5.97 Å². The minimum Gasteiger partial charge on any atom is -0.480 e. The van der Waals surface area contributed by atoms with Gasteiger partial charge in [0, 0.05) is 12.1 Å². The van der Waals surface area contributed by atoms with Crippen molar-refractivity contribution in [2.24, 2.45) is 0 Å². The summed E-state index contributed by atoms with van der Waals surface area (Å²) in [6.07, 6.45) is 2.25. The molecule has 1 aliphatic heterocycles. The summed E-state index contributed by atoms with van der Waals surface area (Å²) in [5, 5.41) is 8.84. The molecule has 0 unspecified atom stereocenters. The number of hydrogen-bond acceptors (Lipinski definition) is 2. The van der Waals surface area contributed by atoms with Gasteiger partial charge in [-0.15, -0.1) is 0 Å². The fourth-order valence-electron chi connectivity index (χ4n) is 2.11. The molecular weight excluding hydrogens is 154 g/mol. The van der Waals surface area contributed by atoms with Gasteiger partial charge >= 0.3 is 5.97 Å². The molecule has 0 spiro atoms. The molecule has 1 heterocycles. The topological polar surface area (TPSA) is 40.5 Å². The number of carboxylic acids is 1. The molecule has 0 saturated carbocycles. The van der Waals surface area contributed by atoms with Crippen molar-refractivity contribution in [3.8, 4) is 0 Å². The van der Waals surface area contributed by atoms with E-state index in [0.717, 1.165) is 12.8 Å². The van der Waals surface area contributed by atoms with Crippen LogP contribution in [-0.4, -0.2) is 34.1 Å². The zero-order valence-corrected chi connectivity index (χ0v) is 7.95. The Morgan fingerprint density at radius 3 is 2.17 bits per heavy atom. The van der Waals surface area contributed by atoms with Gasteiger partial charge in [0.05, 0.1) is 0 Å². The van der Waals surface area contributed by atoms with Gasteiger partial charge in [0.15, 0.2) is 0 Å². The highest BCUT2D eigenvalue weighted by atomic mass is 16.4. The van der Waals surface area contributed by atoms with Gasteiger partial charge in [0.25, 0.3) is 0 Å². The lowest BCUT2D eigenvalue weighted by Crippen LogP contribution is -2.44. The van der Waals surface area contributed by atoms with Crippen LogP contribution in [0.3, 0.4) is 0 Å². The van der Waals surface area contributed by atoms with Gasteiger partial charge in [-0.05, 0) is 33.6 Å². The van der Waals surface area contributed by atoms with Gasteiger partial charge < -0.3 is 5.11 Å². The van der Waals surface area contributed by atoms with Crippen molar-refractivity contribution in [3.05, 3.63) is 0 Å². The van der Waals surface area contributed by atoms with Crippen LogP contribution < -0.4 is 0 Å². The van der Waals surface area contributed by atoms with Crippen LogP contribution in [0.2, 0.25) is 0 Å². The van der Waals surface area contributed by atoms with E-state index in [0.29, 0.717) is 12.1 Å². The van der Waals surface area contributed by atoms with E-state index >= 15 is 0 Å². The lowest BCUT2D eigenvalue weighted by atomic mass is 10.2. The van der Waals surface area contributed by atoms with Crippen LogP contribution in [0, 0.1) is 0 Å². The van der Waals surface area contributed by atoms with E-state index in [1.165, 1.54) is 0 Å². The number of hydrogen-bond donors (Lipinski definition) is 1. The van der Waals surface area contributed by atoms with Gasteiger partial charge in [0.1, 0.15) is 6.04 Å². The molecular formula is C9H17NO2. The Labute approximate surface area is 73.4 Å². The first kappa shape index (κ1) is 9.52. The van der Waals surface area contributed by atoms with Crippen molar-refractivity contribution in [1.82, 2.24) is 4.90 Å². The van der Waals surface area contributed by atoms with Crippen LogP contribution in [0.25, 0.3) is 0 Å². The molecule has 1 saturated heterocycles. The average molecular weight is 171 g/mol. The first-order valence-corrected chi connectivity index (χ1v) is 4.54. The molecule has 0 aromatic heterocycles. The Morgan fingerprint density at radius 1 is 1.42 bits per heavy atom. The van der Waals surface area contributed by atoms with Gasteiger partial charge in [-0.1, -0.05) is 0 Å². The fourth-order valence-corrected chi connectivity index (χ4v) is 2.11. The molecule has 3 nitrogen and oxygen atoms in total.